The molecule has 8 heteroatoms. The molecule has 1 aliphatic rings. The van der Waals surface area contributed by atoms with E-state index in [1.54, 1.807) is 23.5 Å². The molecule has 4 rings (SSSR count). The number of rotatable bonds is 5. The molecule has 1 fully saturated rings. The maximum absolute atomic E-state index is 12.9. The molecule has 2 N–H and O–H groups in total. The highest BCUT2D eigenvalue weighted by molar-refractivity contribution is 7.18. The molecule has 156 valence electrons. The minimum Gasteiger partial charge on any atom is -0.334 e. The Morgan fingerprint density at radius 3 is 2.70 bits per heavy atom. The molecule has 2 aromatic carbocycles. The predicted octanol–water partition coefficient (Wildman–Crippen LogP) is 3.99. The summed E-state index contributed by atoms with van der Waals surface area (Å²) in [7, 11) is 0. The first kappa shape index (κ1) is 20.3. The summed E-state index contributed by atoms with van der Waals surface area (Å²) < 4.78 is 14.1. The molecule has 6 nitrogen and oxygen atoms in total. The van der Waals surface area contributed by atoms with E-state index in [-0.39, 0.29) is 30.9 Å². The number of benzene rings is 2. The second-order valence-corrected chi connectivity index (χ2v) is 8.34. The minimum absolute atomic E-state index is 0.0484. The van der Waals surface area contributed by atoms with Crippen LogP contribution in [0.2, 0.25) is 0 Å². The molecule has 0 aliphatic carbocycles. The van der Waals surface area contributed by atoms with Crippen LogP contribution in [-0.2, 0) is 11.3 Å². The molecular formula is C22H23FN4O2S. The molecule has 3 amide bonds. The molecule has 1 aromatic heterocycles. The molecule has 0 spiro atoms. The number of nitrogens with zero attached hydrogens (tertiary/aromatic N) is 2. The molecular weight excluding hydrogens is 403 g/mol. The first-order chi connectivity index (χ1) is 14.6. The normalized spacial score (nSPS) is 16.4. The molecule has 1 atom stereocenters. The number of fused-ring (bicyclic) bond motifs is 1. The number of urea groups is 1. The lowest BCUT2D eigenvalue weighted by Gasteiger charge is -2.34. The zero-order valence-electron chi connectivity index (χ0n) is 16.4. The van der Waals surface area contributed by atoms with Gasteiger partial charge in [-0.25, -0.2) is 14.2 Å². The van der Waals surface area contributed by atoms with Crippen molar-refractivity contribution < 1.29 is 14.0 Å². The van der Waals surface area contributed by atoms with Crippen molar-refractivity contribution in [2.24, 2.45) is 0 Å². The van der Waals surface area contributed by atoms with E-state index in [4.69, 9.17) is 4.98 Å². The van der Waals surface area contributed by atoms with Gasteiger partial charge in [0.15, 0.2) is 0 Å². The molecule has 2 heterocycles. The summed E-state index contributed by atoms with van der Waals surface area (Å²) in [6.07, 6.45) is 2.88. The molecule has 1 saturated heterocycles. The average molecular weight is 427 g/mol. The zero-order valence-corrected chi connectivity index (χ0v) is 17.3. The molecule has 1 unspecified atom stereocenters. The number of carbonyl (C=O) groups excluding carboxylic acids is 2. The second-order valence-electron chi connectivity index (χ2n) is 7.28. The van der Waals surface area contributed by atoms with E-state index < -0.39 is 6.03 Å². The van der Waals surface area contributed by atoms with Crippen molar-refractivity contribution in [2.75, 3.05) is 13.1 Å². The molecule has 30 heavy (non-hydrogen) atoms. The quantitative estimate of drug-likeness (QED) is 0.648. The van der Waals surface area contributed by atoms with E-state index >= 15 is 0 Å². The minimum atomic E-state index is -0.429. The van der Waals surface area contributed by atoms with E-state index in [1.165, 1.54) is 12.1 Å². The number of thiazole rings is 1. The Hall–Kier alpha value is -3.00. The Labute approximate surface area is 178 Å². The van der Waals surface area contributed by atoms with Crippen LogP contribution in [0.4, 0.5) is 9.18 Å². The maximum atomic E-state index is 12.9. The van der Waals surface area contributed by atoms with Gasteiger partial charge >= 0.3 is 6.03 Å². The van der Waals surface area contributed by atoms with Crippen molar-refractivity contribution in [3.05, 3.63) is 64.9 Å². The fourth-order valence-corrected chi connectivity index (χ4v) is 4.74. The van der Waals surface area contributed by atoms with Crippen LogP contribution in [0.3, 0.4) is 0 Å². The van der Waals surface area contributed by atoms with E-state index in [2.05, 4.69) is 10.6 Å². The van der Waals surface area contributed by atoms with Gasteiger partial charge in [0.2, 0.25) is 5.91 Å². The number of nitrogens with one attached hydrogen (secondary N) is 2. The lowest BCUT2D eigenvalue weighted by Crippen LogP contribution is -2.46. The summed E-state index contributed by atoms with van der Waals surface area (Å²) in [5.74, 6) is -0.436. The number of hydrogen-bond donors (Lipinski definition) is 2. The number of likely N-dealkylation sites (tertiary alicyclic amines) is 1. The Bertz CT molecular complexity index is 1000. The van der Waals surface area contributed by atoms with Gasteiger partial charge in [-0.3, -0.25) is 4.79 Å². The van der Waals surface area contributed by atoms with Gasteiger partial charge in [-0.1, -0.05) is 24.3 Å². The van der Waals surface area contributed by atoms with Crippen molar-refractivity contribution in [3.63, 3.8) is 0 Å². The summed E-state index contributed by atoms with van der Waals surface area (Å²) in [4.78, 5) is 31.5. The predicted molar refractivity (Wildman–Crippen MR) is 115 cm³/mol. The van der Waals surface area contributed by atoms with Gasteiger partial charge < -0.3 is 15.5 Å². The number of carbonyl (C=O) groups is 2. The highest BCUT2D eigenvalue weighted by atomic mass is 32.1. The summed E-state index contributed by atoms with van der Waals surface area (Å²) >= 11 is 1.62. The van der Waals surface area contributed by atoms with E-state index in [0.29, 0.717) is 6.54 Å². The van der Waals surface area contributed by atoms with Crippen LogP contribution >= 0.6 is 11.3 Å². The standard InChI is InChI=1S/C22H23FN4O2S/c23-16-10-8-15(9-11-16)13-24-22(29)25-14-20(28)27-12-4-3-6-18(27)21-26-17-5-1-2-7-19(17)30-21/h1-2,5,7-11,18H,3-4,6,12-14H2,(H2,24,25,29). The first-order valence-corrected chi connectivity index (χ1v) is 10.8. The largest absolute Gasteiger partial charge is 0.334 e. The number of aromatic nitrogens is 1. The molecule has 3 aromatic rings. The topological polar surface area (TPSA) is 74.3 Å². The smallest absolute Gasteiger partial charge is 0.315 e. The highest BCUT2D eigenvalue weighted by Gasteiger charge is 2.30. The van der Waals surface area contributed by atoms with Crippen LogP contribution in [0.15, 0.2) is 48.5 Å². The van der Waals surface area contributed by atoms with Crippen LogP contribution in [0.1, 0.15) is 35.9 Å². The average Bonchev–Trinajstić information content (AvgIpc) is 3.21. The fraction of sp³-hybridized carbons (Fsp3) is 0.318. The van der Waals surface area contributed by atoms with Gasteiger partial charge in [0.1, 0.15) is 10.8 Å². The van der Waals surface area contributed by atoms with Crippen molar-refractivity contribution in [1.29, 1.82) is 0 Å². The van der Waals surface area contributed by atoms with Gasteiger partial charge in [0.25, 0.3) is 0 Å². The third kappa shape index (κ3) is 4.76. The van der Waals surface area contributed by atoms with Crippen molar-refractivity contribution in [1.82, 2.24) is 20.5 Å². The Morgan fingerprint density at radius 2 is 1.90 bits per heavy atom. The van der Waals surface area contributed by atoms with Crippen LogP contribution in [0.25, 0.3) is 10.2 Å². The van der Waals surface area contributed by atoms with Crippen LogP contribution in [0.5, 0.6) is 0 Å². The maximum Gasteiger partial charge on any atom is 0.315 e. The number of para-hydroxylation sites is 1. The number of hydrogen-bond acceptors (Lipinski definition) is 4. The van der Waals surface area contributed by atoms with Gasteiger partial charge in [0, 0.05) is 13.1 Å². The van der Waals surface area contributed by atoms with Gasteiger partial charge in [0.05, 0.1) is 22.8 Å². The molecule has 1 aliphatic heterocycles. The van der Waals surface area contributed by atoms with Crippen LogP contribution in [-0.4, -0.2) is 34.9 Å². The van der Waals surface area contributed by atoms with E-state index in [0.717, 1.165) is 40.1 Å². The summed E-state index contributed by atoms with van der Waals surface area (Å²) in [6, 6.07) is 13.4. The van der Waals surface area contributed by atoms with Crippen molar-refractivity contribution in [3.8, 4) is 0 Å². The molecule has 0 radical (unpaired) electrons. The van der Waals surface area contributed by atoms with Crippen molar-refractivity contribution >= 4 is 33.5 Å². The lowest BCUT2D eigenvalue weighted by molar-refractivity contribution is -0.133. The first-order valence-electron chi connectivity index (χ1n) is 10.0. The number of halogens is 1. The van der Waals surface area contributed by atoms with Crippen LogP contribution in [0, 0.1) is 5.82 Å². The van der Waals surface area contributed by atoms with Crippen LogP contribution < -0.4 is 10.6 Å². The summed E-state index contributed by atoms with van der Waals surface area (Å²) in [6.45, 7) is 0.854. The highest BCUT2D eigenvalue weighted by Crippen LogP contribution is 2.35. The van der Waals surface area contributed by atoms with Crippen molar-refractivity contribution in [2.45, 2.75) is 31.8 Å². The third-order valence-corrected chi connectivity index (χ3v) is 6.32. The third-order valence-electron chi connectivity index (χ3n) is 5.19. The van der Waals surface area contributed by atoms with E-state index in [1.807, 2.05) is 29.2 Å². The zero-order chi connectivity index (χ0) is 20.9. The second kappa shape index (κ2) is 9.21. The van der Waals surface area contributed by atoms with Gasteiger partial charge in [-0.2, -0.15) is 0 Å². The Morgan fingerprint density at radius 1 is 1.10 bits per heavy atom. The summed E-state index contributed by atoms with van der Waals surface area (Å²) in [5, 5.41) is 6.26. The Kier molecular flexibility index (Phi) is 6.23. The Balaban J connectivity index is 1.34. The summed E-state index contributed by atoms with van der Waals surface area (Å²) in [5.41, 5.74) is 1.73. The number of amides is 3. The SMILES string of the molecule is O=C(NCC(=O)N1CCCCC1c1nc2ccccc2s1)NCc1ccc(F)cc1. The molecule has 0 bridgehead atoms. The van der Waals surface area contributed by atoms with E-state index in [9.17, 15) is 14.0 Å². The lowest BCUT2D eigenvalue weighted by atomic mass is 10.0. The van der Waals surface area contributed by atoms with Gasteiger partial charge in [-0.15, -0.1) is 11.3 Å². The number of piperidine rings is 1. The molecule has 0 saturated carbocycles. The van der Waals surface area contributed by atoms with Gasteiger partial charge in [-0.05, 0) is 49.1 Å². The fourth-order valence-electron chi connectivity index (χ4n) is 3.62. The monoisotopic (exact) mass is 426 g/mol.